The van der Waals surface area contributed by atoms with Crippen LogP contribution in [-0.2, 0) is 0 Å². The van der Waals surface area contributed by atoms with E-state index in [1.54, 1.807) is 62.4 Å². The van der Waals surface area contributed by atoms with Gasteiger partial charge in [0.25, 0.3) is 0 Å². The molecule has 180 valence electrons. The third-order valence-corrected chi connectivity index (χ3v) is 7.19. The minimum absolute atomic E-state index is 0.172. The summed E-state index contributed by atoms with van der Waals surface area (Å²) in [6.45, 7) is 7.30. The molecule has 5 nitrogen and oxygen atoms in total. The lowest BCUT2D eigenvalue weighted by Gasteiger charge is -2.25. The van der Waals surface area contributed by atoms with Crippen molar-refractivity contribution in [3.05, 3.63) is 127 Å². The summed E-state index contributed by atoms with van der Waals surface area (Å²) in [5, 5.41) is 0. The van der Waals surface area contributed by atoms with Gasteiger partial charge in [-0.25, -0.2) is 0 Å². The van der Waals surface area contributed by atoms with Crippen molar-refractivity contribution in [1.82, 2.24) is 0 Å². The zero-order chi connectivity index (χ0) is 26.2. The quantitative estimate of drug-likeness (QED) is 0.289. The predicted octanol–water partition coefficient (Wildman–Crippen LogP) is 6.26. The molecule has 0 aliphatic heterocycles. The Morgan fingerprint density at radius 1 is 0.432 bits per heavy atom. The van der Waals surface area contributed by atoms with E-state index in [-0.39, 0.29) is 56.9 Å². The number of rotatable bonds is 2. The van der Waals surface area contributed by atoms with Crippen LogP contribution in [0.25, 0.3) is 0 Å². The van der Waals surface area contributed by atoms with Crippen molar-refractivity contribution in [2.75, 3.05) is 0 Å². The van der Waals surface area contributed by atoms with Crippen LogP contribution in [-0.4, -0.2) is 23.1 Å². The first-order valence-electron chi connectivity index (χ1n) is 12.0. The van der Waals surface area contributed by atoms with Crippen LogP contribution < -0.4 is 4.74 Å². The molecule has 0 saturated carbocycles. The van der Waals surface area contributed by atoms with Gasteiger partial charge in [-0.1, -0.05) is 47.5 Å². The van der Waals surface area contributed by atoms with E-state index in [2.05, 4.69) is 0 Å². The number of hydrogen-bond acceptors (Lipinski definition) is 5. The van der Waals surface area contributed by atoms with E-state index in [1.165, 1.54) is 0 Å². The molecule has 0 unspecified atom stereocenters. The van der Waals surface area contributed by atoms with Gasteiger partial charge >= 0.3 is 0 Å². The molecule has 0 atom stereocenters. The van der Waals surface area contributed by atoms with Crippen molar-refractivity contribution >= 4 is 23.1 Å². The molecule has 0 amide bonds. The van der Waals surface area contributed by atoms with Gasteiger partial charge < -0.3 is 4.74 Å². The summed E-state index contributed by atoms with van der Waals surface area (Å²) in [6, 6.07) is 17.1. The normalized spacial score (nSPS) is 13.6. The molecule has 5 heteroatoms. The molecule has 2 aliphatic carbocycles. The van der Waals surface area contributed by atoms with Gasteiger partial charge in [0.05, 0.1) is 11.1 Å². The summed E-state index contributed by atoms with van der Waals surface area (Å²) >= 11 is 0. The first-order valence-corrected chi connectivity index (χ1v) is 12.0. The summed E-state index contributed by atoms with van der Waals surface area (Å²) in [5.74, 6) is -0.686. The maximum absolute atomic E-state index is 13.7. The van der Waals surface area contributed by atoms with Gasteiger partial charge in [-0.05, 0) is 63.1 Å². The molecule has 0 spiro atoms. The Morgan fingerprint density at radius 3 is 1.22 bits per heavy atom. The van der Waals surface area contributed by atoms with E-state index in [0.29, 0.717) is 33.4 Å². The molecule has 4 aromatic rings. The molecule has 0 aromatic heterocycles. The Kier molecular flexibility index (Phi) is 4.89. The van der Waals surface area contributed by atoms with Crippen LogP contribution in [0.1, 0.15) is 85.9 Å². The van der Waals surface area contributed by atoms with Crippen LogP contribution in [0.5, 0.6) is 11.5 Å². The largest absolute Gasteiger partial charge is 0.455 e. The lowest BCUT2D eigenvalue weighted by molar-refractivity contribution is 0.0974. The Morgan fingerprint density at radius 2 is 0.811 bits per heavy atom. The van der Waals surface area contributed by atoms with Crippen molar-refractivity contribution < 1.29 is 23.9 Å². The van der Waals surface area contributed by atoms with Crippen molar-refractivity contribution in [2.45, 2.75) is 27.7 Å². The third kappa shape index (κ3) is 3.24. The second-order valence-electron chi connectivity index (χ2n) is 9.78. The van der Waals surface area contributed by atoms with Crippen LogP contribution in [0.2, 0.25) is 0 Å². The van der Waals surface area contributed by atoms with Gasteiger partial charge in [0.1, 0.15) is 11.5 Å². The predicted molar refractivity (Wildman–Crippen MR) is 139 cm³/mol. The lowest BCUT2D eigenvalue weighted by Crippen LogP contribution is -2.24. The first-order chi connectivity index (χ1) is 17.7. The Bertz CT molecular complexity index is 1630. The van der Waals surface area contributed by atoms with E-state index in [4.69, 9.17) is 4.74 Å². The fourth-order valence-corrected chi connectivity index (χ4v) is 5.22. The maximum atomic E-state index is 13.7. The van der Waals surface area contributed by atoms with Crippen LogP contribution in [0.4, 0.5) is 0 Å². The number of ketones is 4. The van der Waals surface area contributed by atoms with Crippen molar-refractivity contribution in [3.8, 4) is 11.5 Å². The van der Waals surface area contributed by atoms with Crippen LogP contribution in [0, 0.1) is 27.7 Å². The molecular formula is C32H22O5. The van der Waals surface area contributed by atoms with Gasteiger partial charge in [0.15, 0.2) is 23.1 Å². The fraction of sp³-hybridized carbons (Fsp3) is 0.125. The number of hydrogen-bond donors (Lipinski definition) is 0. The van der Waals surface area contributed by atoms with Gasteiger partial charge in [-0.2, -0.15) is 0 Å². The highest BCUT2D eigenvalue weighted by molar-refractivity contribution is 6.30. The summed E-state index contributed by atoms with van der Waals surface area (Å²) in [6.07, 6.45) is 0. The maximum Gasteiger partial charge on any atom is 0.198 e. The molecule has 37 heavy (non-hydrogen) atoms. The average molecular weight is 487 g/mol. The second kappa shape index (κ2) is 7.93. The topological polar surface area (TPSA) is 77.5 Å². The molecule has 0 radical (unpaired) electrons. The fourth-order valence-electron chi connectivity index (χ4n) is 5.22. The summed E-state index contributed by atoms with van der Waals surface area (Å²) in [5.41, 5.74) is 5.24. The van der Waals surface area contributed by atoms with Crippen LogP contribution in [0.3, 0.4) is 0 Å². The standard InChI is InChI=1S/C32H22O5/c1-15-5-9-19-23(13-15)29(35)25-21(27(19)33)11-7-17(3)31(25)37-32-18(4)8-12-22-26(32)30(36)24-14-16(2)6-10-20(24)28(22)34/h5-14H,1-4H3. The molecule has 0 heterocycles. The van der Waals surface area contributed by atoms with Crippen LogP contribution in [0.15, 0.2) is 60.7 Å². The highest BCUT2D eigenvalue weighted by Gasteiger charge is 2.36. The molecule has 0 N–H and O–H groups in total. The Labute approximate surface area is 213 Å². The Hall–Kier alpha value is -4.64. The smallest absolute Gasteiger partial charge is 0.198 e. The second-order valence-corrected chi connectivity index (χ2v) is 9.78. The number of carbonyl (C=O) groups excluding carboxylic acids is 4. The monoisotopic (exact) mass is 486 g/mol. The molecule has 0 saturated heterocycles. The molecule has 6 rings (SSSR count). The zero-order valence-corrected chi connectivity index (χ0v) is 20.8. The van der Waals surface area contributed by atoms with Crippen molar-refractivity contribution in [2.24, 2.45) is 0 Å². The summed E-state index contributed by atoms with van der Waals surface area (Å²) in [4.78, 5) is 54.1. The lowest BCUT2D eigenvalue weighted by atomic mass is 9.81. The Balaban J connectivity index is 1.56. The van der Waals surface area contributed by atoms with E-state index in [1.807, 2.05) is 26.0 Å². The number of fused-ring (bicyclic) bond motifs is 4. The molecule has 2 aliphatic rings. The van der Waals surface area contributed by atoms with E-state index >= 15 is 0 Å². The van der Waals surface area contributed by atoms with Crippen molar-refractivity contribution in [3.63, 3.8) is 0 Å². The van der Waals surface area contributed by atoms with Gasteiger partial charge in [0.2, 0.25) is 0 Å². The van der Waals surface area contributed by atoms with E-state index in [0.717, 1.165) is 11.1 Å². The van der Waals surface area contributed by atoms with Crippen molar-refractivity contribution in [1.29, 1.82) is 0 Å². The number of benzene rings is 4. The van der Waals surface area contributed by atoms with E-state index in [9.17, 15) is 19.2 Å². The van der Waals surface area contributed by atoms with Gasteiger partial charge in [-0.3, -0.25) is 19.2 Å². The average Bonchev–Trinajstić information content (AvgIpc) is 2.87. The number of carbonyl (C=O) groups is 4. The highest BCUT2D eigenvalue weighted by atomic mass is 16.5. The number of aryl methyl sites for hydroxylation is 4. The molecular weight excluding hydrogens is 464 g/mol. The molecule has 0 fully saturated rings. The number of ether oxygens (including phenoxy) is 1. The molecule has 0 bridgehead atoms. The SMILES string of the molecule is Cc1ccc2c(c1)C(=O)c1c(ccc(C)c1Oc1c(C)ccc3c1C(=O)c1cc(C)ccc1C3=O)C2=O. The minimum Gasteiger partial charge on any atom is -0.455 e. The summed E-state index contributed by atoms with van der Waals surface area (Å²) < 4.78 is 6.42. The van der Waals surface area contributed by atoms with Gasteiger partial charge in [-0.15, -0.1) is 0 Å². The van der Waals surface area contributed by atoms with Gasteiger partial charge in [0, 0.05) is 33.4 Å². The molecule has 4 aromatic carbocycles. The highest BCUT2D eigenvalue weighted by Crippen LogP contribution is 2.42. The third-order valence-electron chi connectivity index (χ3n) is 7.19. The zero-order valence-electron chi connectivity index (χ0n) is 20.8. The first kappa shape index (κ1) is 22.8. The van der Waals surface area contributed by atoms with Crippen LogP contribution >= 0.6 is 0 Å². The minimum atomic E-state index is -0.308. The summed E-state index contributed by atoms with van der Waals surface area (Å²) in [7, 11) is 0. The van der Waals surface area contributed by atoms with E-state index < -0.39 is 0 Å².